The summed E-state index contributed by atoms with van der Waals surface area (Å²) in [6.45, 7) is 17.8. The lowest BCUT2D eigenvalue weighted by molar-refractivity contribution is -0.237. The van der Waals surface area contributed by atoms with Crippen LogP contribution in [0.3, 0.4) is 0 Å². The number of likely N-dealkylation sites (tertiary alicyclic amines) is 1. The van der Waals surface area contributed by atoms with Crippen molar-refractivity contribution in [3.05, 3.63) is 35.4 Å². The number of aryl methyl sites for hydroxylation is 1. The third-order valence-corrected chi connectivity index (χ3v) is 7.63. The highest BCUT2D eigenvalue weighted by Crippen LogP contribution is 2.47. The number of nitrogens with zero attached hydrogens (tertiary/aromatic N) is 2. The molecule has 214 valence electrons. The number of amides is 4. The number of rotatable bonds is 14. The lowest BCUT2D eigenvalue weighted by Gasteiger charge is -2.55. The number of ether oxygens (including phenoxy) is 1. The van der Waals surface area contributed by atoms with Crippen LogP contribution in [0, 0.1) is 18.3 Å². The maximum atomic E-state index is 13.5. The first-order chi connectivity index (χ1) is 17.8. The van der Waals surface area contributed by atoms with Gasteiger partial charge in [0.1, 0.15) is 5.60 Å². The smallest absolute Gasteiger partial charge is 0.326 e. The van der Waals surface area contributed by atoms with Gasteiger partial charge in [-0.15, -0.1) is 0 Å². The number of likely N-dealkylation sites (N-methyl/N-ethyl adjacent to an activating group) is 1. The van der Waals surface area contributed by atoms with E-state index >= 15 is 0 Å². The largest absolute Gasteiger partial charge is 0.342 e. The summed E-state index contributed by atoms with van der Waals surface area (Å²) in [4.78, 5) is 43.1. The average molecular weight is 531 g/mol. The van der Waals surface area contributed by atoms with Crippen LogP contribution in [0.2, 0.25) is 0 Å². The molecule has 0 bridgehead atoms. The Morgan fingerprint density at radius 3 is 2.26 bits per heavy atom. The Hall–Kier alpha value is -2.45. The molecule has 0 spiro atoms. The summed E-state index contributed by atoms with van der Waals surface area (Å²) >= 11 is 0. The summed E-state index contributed by atoms with van der Waals surface area (Å²) in [5, 5.41) is 6.41. The fourth-order valence-corrected chi connectivity index (χ4v) is 5.06. The molecule has 0 radical (unpaired) electrons. The van der Waals surface area contributed by atoms with E-state index in [-0.39, 0.29) is 17.9 Å². The standard InChI is InChI=1S/C30H50N4O4/c1-10-13-24(23-16-14-22(6)15-17-23)32-28(37)34-26(36)30(11-2,12-3)27(34)38-29(7,8)25(35)33(9)19-18-31-20-21(4)5/h14-17,21,24,27,31H,10-13,18-20H2,1-9H3,(H,32,37). The second-order valence-electron chi connectivity index (χ2n) is 11.5. The van der Waals surface area contributed by atoms with E-state index in [2.05, 4.69) is 31.4 Å². The van der Waals surface area contributed by atoms with Crippen molar-refractivity contribution in [2.45, 2.75) is 98.9 Å². The summed E-state index contributed by atoms with van der Waals surface area (Å²) in [7, 11) is 1.75. The summed E-state index contributed by atoms with van der Waals surface area (Å²) in [6.07, 6.45) is 1.84. The van der Waals surface area contributed by atoms with Crippen LogP contribution in [0.5, 0.6) is 0 Å². The molecule has 8 heteroatoms. The number of hydrogen-bond donors (Lipinski definition) is 2. The normalized spacial score (nSPS) is 17.8. The van der Waals surface area contributed by atoms with Gasteiger partial charge in [0.05, 0.1) is 11.5 Å². The minimum Gasteiger partial charge on any atom is -0.342 e. The topological polar surface area (TPSA) is 91.0 Å². The van der Waals surface area contributed by atoms with Crippen LogP contribution in [0.4, 0.5) is 4.79 Å². The van der Waals surface area contributed by atoms with Crippen LogP contribution >= 0.6 is 0 Å². The van der Waals surface area contributed by atoms with Gasteiger partial charge in [0.25, 0.3) is 5.91 Å². The predicted molar refractivity (Wildman–Crippen MR) is 152 cm³/mol. The Morgan fingerprint density at radius 2 is 1.74 bits per heavy atom. The van der Waals surface area contributed by atoms with Crippen LogP contribution in [0.1, 0.15) is 91.3 Å². The lowest BCUT2D eigenvalue weighted by atomic mass is 9.71. The first-order valence-corrected chi connectivity index (χ1v) is 14.2. The second-order valence-corrected chi connectivity index (χ2v) is 11.5. The Balaban J connectivity index is 2.20. The number of nitrogens with one attached hydrogen (secondary N) is 2. The lowest BCUT2D eigenvalue weighted by Crippen LogP contribution is -2.74. The van der Waals surface area contributed by atoms with Crippen molar-refractivity contribution in [1.82, 2.24) is 20.4 Å². The fraction of sp³-hybridized carbons (Fsp3) is 0.700. The molecule has 8 nitrogen and oxygen atoms in total. The van der Waals surface area contributed by atoms with E-state index in [1.54, 1.807) is 25.8 Å². The molecular formula is C30H50N4O4. The fourth-order valence-electron chi connectivity index (χ4n) is 5.06. The van der Waals surface area contributed by atoms with Gasteiger partial charge in [-0.25, -0.2) is 9.69 Å². The highest BCUT2D eigenvalue weighted by atomic mass is 16.5. The zero-order chi connectivity index (χ0) is 28.7. The third kappa shape index (κ3) is 7.14. The molecule has 4 amide bonds. The number of benzene rings is 1. The molecule has 38 heavy (non-hydrogen) atoms. The monoisotopic (exact) mass is 530 g/mol. The quantitative estimate of drug-likeness (QED) is 0.260. The number of imide groups is 1. The van der Waals surface area contributed by atoms with Crippen LogP contribution in [-0.4, -0.2) is 66.2 Å². The van der Waals surface area contributed by atoms with E-state index < -0.39 is 23.3 Å². The van der Waals surface area contributed by atoms with Crippen molar-refractivity contribution in [2.75, 3.05) is 26.7 Å². The molecule has 2 atom stereocenters. The van der Waals surface area contributed by atoms with Gasteiger partial charge in [0, 0.05) is 20.1 Å². The molecule has 0 saturated carbocycles. The molecule has 1 fully saturated rings. The van der Waals surface area contributed by atoms with E-state index in [0.29, 0.717) is 31.8 Å². The molecule has 0 aromatic heterocycles. The maximum absolute atomic E-state index is 13.5. The molecule has 0 aliphatic carbocycles. The molecule has 2 unspecified atom stereocenters. The van der Waals surface area contributed by atoms with E-state index in [1.165, 1.54) is 4.90 Å². The molecule has 1 aromatic carbocycles. The Labute approximate surface area is 229 Å². The zero-order valence-corrected chi connectivity index (χ0v) is 25.0. The van der Waals surface area contributed by atoms with Crippen LogP contribution in [-0.2, 0) is 14.3 Å². The minimum atomic E-state index is -1.22. The van der Waals surface area contributed by atoms with Gasteiger partial charge in [-0.1, -0.05) is 70.9 Å². The first-order valence-electron chi connectivity index (χ1n) is 14.2. The molecule has 2 N–H and O–H groups in total. The van der Waals surface area contributed by atoms with Crippen molar-refractivity contribution in [1.29, 1.82) is 0 Å². The SMILES string of the molecule is CCCC(NC(=O)N1C(=O)C(CC)(CC)C1OC(C)(C)C(=O)N(C)CCNCC(C)C)c1ccc(C)cc1. The Morgan fingerprint density at radius 1 is 1.13 bits per heavy atom. The molecular weight excluding hydrogens is 480 g/mol. The van der Waals surface area contributed by atoms with Crippen LogP contribution in [0.15, 0.2) is 24.3 Å². The second kappa shape index (κ2) is 13.6. The predicted octanol–water partition coefficient (Wildman–Crippen LogP) is 5.02. The van der Waals surface area contributed by atoms with Gasteiger partial charge in [-0.05, 0) is 58.1 Å². The molecule has 1 saturated heterocycles. The van der Waals surface area contributed by atoms with Crippen molar-refractivity contribution in [3.8, 4) is 0 Å². The number of carbonyl (C=O) groups is 3. The third-order valence-electron chi connectivity index (χ3n) is 7.63. The van der Waals surface area contributed by atoms with Gasteiger partial charge in [0.2, 0.25) is 5.91 Å². The van der Waals surface area contributed by atoms with Crippen molar-refractivity contribution in [2.24, 2.45) is 11.3 Å². The summed E-state index contributed by atoms with van der Waals surface area (Å²) in [5.74, 6) is 0.0926. The van der Waals surface area contributed by atoms with E-state index in [0.717, 1.165) is 30.5 Å². The van der Waals surface area contributed by atoms with Crippen LogP contribution < -0.4 is 10.6 Å². The van der Waals surface area contributed by atoms with Crippen molar-refractivity contribution >= 4 is 17.8 Å². The molecule has 1 aromatic rings. The highest BCUT2D eigenvalue weighted by Gasteiger charge is 2.63. The number of carbonyl (C=O) groups excluding carboxylic acids is 3. The van der Waals surface area contributed by atoms with Gasteiger partial charge >= 0.3 is 6.03 Å². The maximum Gasteiger partial charge on any atom is 0.326 e. The molecule has 2 rings (SSSR count). The Kier molecular flexibility index (Phi) is 11.3. The zero-order valence-electron chi connectivity index (χ0n) is 25.0. The molecule has 1 heterocycles. The van der Waals surface area contributed by atoms with Crippen LogP contribution in [0.25, 0.3) is 0 Å². The van der Waals surface area contributed by atoms with Gasteiger partial charge in [-0.3, -0.25) is 9.59 Å². The molecule has 1 aliphatic heterocycles. The van der Waals surface area contributed by atoms with E-state index in [1.807, 2.05) is 45.0 Å². The minimum absolute atomic E-state index is 0.187. The van der Waals surface area contributed by atoms with Crippen molar-refractivity contribution in [3.63, 3.8) is 0 Å². The number of urea groups is 1. The number of β-lactam (4-membered cyclic amide) rings is 1. The first kappa shape index (κ1) is 31.8. The molecule has 1 aliphatic rings. The average Bonchev–Trinajstić information content (AvgIpc) is 2.86. The summed E-state index contributed by atoms with van der Waals surface area (Å²) in [6, 6.07) is 7.36. The summed E-state index contributed by atoms with van der Waals surface area (Å²) < 4.78 is 6.40. The Bertz CT molecular complexity index is 940. The van der Waals surface area contributed by atoms with Crippen molar-refractivity contribution < 1.29 is 19.1 Å². The van der Waals surface area contributed by atoms with E-state index in [9.17, 15) is 14.4 Å². The van der Waals surface area contributed by atoms with Gasteiger partial charge in [0.15, 0.2) is 6.23 Å². The number of hydrogen-bond acceptors (Lipinski definition) is 5. The van der Waals surface area contributed by atoms with Gasteiger partial charge in [-0.2, -0.15) is 0 Å². The summed E-state index contributed by atoms with van der Waals surface area (Å²) in [5.41, 5.74) is 0.0873. The van der Waals surface area contributed by atoms with E-state index in [4.69, 9.17) is 4.74 Å². The van der Waals surface area contributed by atoms with Gasteiger partial charge < -0.3 is 20.3 Å². The highest BCUT2D eigenvalue weighted by molar-refractivity contribution is 6.03.